The summed E-state index contributed by atoms with van der Waals surface area (Å²) in [7, 11) is 0. The highest BCUT2D eigenvalue weighted by atomic mass is 35.5. The van der Waals surface area contributed by atoms with Crippen molar-refractivity contribution >= 4 is 35.3 Å². The van der Waals surface area contributed by atoms with Gasteiger partial charge in [0.1, 0.15) is 0 Å². The highest BCUT2D eigenvalue weighted by Crippen LogP contribution is 2.31. The second-order valence-electron chi connectivity index (χ2n) is 8.91. The Bertz CT molecular complexity index is 1230. The first-order valence-corrected chi connectivity index (χ1v) is 11.8. The number of urea groups is 1. The second-order valence-corrected chi connectivity index (χ2v) is 9.35. The highest BCUT2D eigenvalue weighted by molar-refractivity contribution is 6.31. The first-order valence-electron chi connectivity index (χ1n) is 11.4. The molecular formula is C26H25ClF2N4O2. The minimum atomic E-state index is -2.80. The van der Waals surface area contributed by atoms with Crippen LogP contribution >= 0.6 is 11.6 Å². The average Bonchev–Trinajstić information content (AvgIpc) is 3.21. The first-order chi connectivity index (χ1) is 16.6. The number of nitrogens with one attached hydrogen (secondary N) is 1. The van der Waals surface area contributed by atoms with E-state index in [1.54, 1.807) is 29.2 Å². The van der Waals surface area contributed by atoms with Crippen LogP contribution in [0.1, 0.15) is 46.3 Å². The molecule has 182 valence electrons. The fourth-order valence-corrected chi connectivity index (χ4v) is 4.58. The highest BCUT2D eigenvalue weighted by Gasteiger charge is 2.41. The van der Waals surface area contributed by atoms with Gasteiger partial charge in [-0.15, -0.1) is 0 Å². The molecule has 2 aromatic rings. The molecule has 2 saturated heterocycles. The van der Waals surface area contributed by atoms with Crippen molar-refractivity contribution in [3.63, 3.8) is 0 Å². The van der Waals surface area contributed by atoms with Crippen molar-refractivity contribution in [1.29, 1.82) is 5.26 Å². The lowest BCUT2D eigenvalue weighted by atomic mass is 9.98. The van der Waals surface area contributed by atoms with Crippen LogP contribution in [-0.4, -0.2) is 53.8 Å². The summed E-state index contributed by atoms with van der Waals surface area (Å²) in [5.41, 5.74) is 4.15. The number of nitriles is 1. The lowest BCUT2D eigenvalue weighted by Crippen LogP contribution is -2.45. The molecule has 0 spiro atoms. The molecule has 4 rings (SSSR count). The third-order valence-electron chi connectivity index (χ3n) is 6.39. The van der Waals surface area contributed by atoms with Gasteiger partial charge in [-0.25, -0.2) is 13.6 Å². The largest absolute Gasteiger partial charge is 0.324 e. The summed E-state index contributed by atoms with van der Waals surface area (Å²) in [5, 5.41) is 12.4. The van der Waals surface area contributed by atoms with Gasteiger partial charge in [0.25, 0.3) is 11.8 Å². The van der Waals surface area contributed by atoms with Crippen LogP contribution in [0.5, 0.6) is 0 Å². The van der Waals surface area contributed by atoms with Crippen molar-refractivity contribution < 1.29 is 18.4 Å². The molecule has 6 nitrogen and oxygen atoms in total. The fraction of sp³-hybridized carbons (Fsp3) is 0.346. The molecule has 0 aromatic heterocycles. The number of rotatable bonds is 3. The molecule has 0 saturated carbocycles. The minimum absolute atomic E-state index is 0.0854. The van der Waals surface area contributed by atoms with Gasteiger partial charge in [-0.05, 0) is 61.2 Å². The van der Waals surface area contributed by atoms with Crippen molar-refractivity contribution in [2.75, 3.05) is 31.5 Å². The number of benzene rings is 2. The Morgan fingerprint density at radius 2 is 1.89 bits per heavy atom. The zero-order chi connectivity index (χ0) is 25.2. The van der Waals surface area contributed by atoms with Crippen molar-refractivity contribution in [1.82, 2.24) is 9.80 Å². The summed E-state index contributed by atoms with van der Waals surface area (Å²) in [6, 6.07) is 11.6. The van der Waals surface area contributed by atoms with Gasteiger partial charge in [0.15, 0.2) is 0 Å². The second kappa shape index (κ2) is 10.0. The Balaban J connectivity index is 1.44. The van der Waals surface area contributed by atoms with Crippen molar-refractivity contribution in [3.05, 3.63) is 69.2 Å². The van der Waals surface area contributed by atoms with Crippen LogP contribution in [0, 0.1) is 18.3 Å². The summed E-state index contributed by atoms with van der Waals surface area (Å²) in [4.78, 5) is 28.2. The minimum Gasteiger partial charge on any atom is -0.324 e. The van der Waals surface area contributed by atoms with Gasteiger partial charge in [0, 0.05) is 42.3 Å². The van der Waals surface area contributed by atoms with E-state index in [1.165, 1.54) is 11.0 Å². The third kappa shape index (κ3) is 5.80. The molecule has 0 bridgehead atoms. The summed E-state index contributed by atoms with van der Waals surface area (Å²) in [5.74, 6) is -3.14. The van der Waals surface area contributed by atoms with E-state index in [9.17, 15) is 18.4 Å². The van der Waals surface area contributed by atoms with Crippen LogP contribution in [0.25, 0.3) is 6.08 Å². The number of alkyl halides is 2. The van der Waals surface area contributed by atoms with Crippen molar-refractivity contribution in [2.45, 2.75) is 32.1 Å². The molecule has 0 atom stereocenters. The van der Waals surface area contributed by atoms with Gasteiger partial charge < -0.3 is 15.1 Å². The number of piperidine rings is 1. The van der Waals surface area contributed by atoms with Gasteiger partial charge in [0.05, 0.1) is 18.2 Å². The molecule has 0 radical (unpaired) electrons. The quantitative estimate of drug-likeness (QED) is 0.588. The number of carbonyl (C=O) groups excluding carboxylic acids is 2. The average molecular weight is 499 g/mol. The van der Waals surface area contributed by atoms with E-state index in [2.05, 4.69) is 5.32 Å². The first kappa shape index (κ1) is 24.7. The predicted octanol–water partition coefficient (Wildman–Crippen LogP) is 5.71. The lowest BCUT2D eigenvalue weighted by Gasteiger charge is -2.32. The number of hydrogen-bond donors (Lipinski definition) is 1. The van der Waals surface area contributed by atoms with Gasteiger partial charge in [0.2, 0.25) is 0 Å². The molecule has 2 fully saturated rings. The summed E-state index contributed by atoms with van der Waals surface area (Å²) in [6.07, 6.45) is 2.99. The Morgan fingerprint density at radius 1 is 1.14 bits per heavy atom. The standard InChI is InChI=1S/C26H25ClF2N4O2/c1-17-21(11-18-5-8-32(9-6-18)25(35)33-10-7-26(28,29)16-33)13-22(27)14-23(17)31-24(34)20-4-2-3-19(12-20)15-30/h2-4,11-14H,5-10,16H2,1H3,(H,31,34). The van der Waals surface area contributed by atoms with Gasteiger partial charge in [-0.2, -0.15) is 5.26 Å². The Morgan fingerprint density at radius 3 is 2.54 bits per heavy atom. The van der Waals surface area contributed by atoms with E-state index in [-0.39, 0.29) is 24.9 Å². The smallest absolute Gasteiger partial charge is 0.320 e. The van der Waals surface area contributed by atoms with E-state index in [1.807, 2.05) is 25.1 Å². The van der Waals surface area contributed by atoms with E-state index in [4.69, 9.17) is 16.9 Å². The molecule has 0 unspecified atom stereocenters. The number of amides is 3. The van der Waals surface area contributed by atoms with Crippen LogP contribution < -0.4 is 5.32 Å². The molecule has 0 aliphatic carbocycles. The number of anilines is 1. The van der Waals surface area contributed by atoms with Gasteiger partial charge in [-0.1, -0.05) is 29.3 Å². The van der Waals surface area contributed by atoms with E-state index < -0.39 is 12.5 Å². The number of halogens is 3. The van der Waals surface area contributed by atoms with E-state index in [0.29, 0.717) is 47.8 Å². The van der Waals surface area contributed by atoms with E-state index in [0.717, 1.165) is 16.7 Å². The molecule has 3 amide bonds. The summed E-state index contributed by atoms with van der Waals surface area (Å²) < 4.78 is 26.9. The van der Waals surface area contributed by atoms with Gasteiger partial charge in [-0.3, -0.25) is 4.79 Å². The van der Waals surface area contributed by atoms with Crippen LogP contribution in [0.2, 0.25) is 5.02 Å². The molecule has 35 heavy (non-hydrogen) atoms. The Hall–Kier alpha value is -3.44. The summed E-state index contributed by atoms with van der Waals surface area (Å²) in [6.45, 7) is 2.39. The zero-order valence-corrected chi connectivity index (χ0v) is 20.0. The Kier molecular flexibility index (Phi) is 7.08. The maximum absolute atomic E-state index is 13.5. The van der Waals surface area contributed by atoms with Gasteiger partial charge >= 0.3 is 6.03 Å². The maximum atomic E-state index is 13.5. The third-order valence-corrected chi connectivity index (χ3v) is 6.61. The van der Waals surface area contributed by atoms with Crippen LogP contribution in [0.15, 0.2) is 42.0 Å². The summed E-state index contributed by atoms with van der Waals surface area (Å²) >= 11 is 6.33. The van der Waals surface area contributed by atoms with Crippen LogP contribution in [-0.2, 0) is 0 Å². The van der Waals surface area contributed by atoms with Crippen molar-refractivity contribution in [2.24, 2.45) is 0 Å². The number of carbonyl (C=O) groups is 2. The molecule has 2 aromatic carbocycles. The van der Waals surface area contributed by atoms with Crippen LogP contribution in [0.3, 0.4) is 0 Å². The normalized spacial score (nSPS) is 17.2. The predicted molar refractivity (Wildman–Crippen MR) is 131 cm³/mol. The Labute approximate surface area is 207 Å². The molecule has 9 heteroatoms. The lowest BCUT2D eigenvalue weighted by molar-refractivity contribution is 0.0137. The van der Waals surface area contributed by atoms with Crippen molar-refractivity contribution in [3.8, 4) is 6.07 Å². The molecule has 2 aliphatic heterocycles. The molecule has 2 aliphatic rings. The molecule has 2 heterocycles. The number of hydrogen-bond acceptors (Lipinski definition) is 3. The molecular weight excluding hydrogens is 474 g/mol. The topological polar surface area (TPSA) is 76.4 Å². The van der Waals surface area contributed by atoms with Crippen LogP contribution in [0.4, 0.5) is 19.3 Å². The fourth-order valence-electron chi connectivity index (χ4n) is 4.35. The SMILES string of the molecule is Cc1c(C=C2CCN(C(=O)N3CCC(F)(F)C3)CC2)cc(Cl)cc1NC(=O)c1cccc(C#N)c1. The zero-order valence-electron chi connectivity index (χ0n) is 19.3. The number of nitrogens with zero attached hydrogens (tertiary/aromatic N) is 3. The van der Waals surface area contributed by atoms with E-state index >= 15 is 0 Å². The number of likely N-dealkylation sites (tertiary alicyclic amines) is 2. The maximum Gasteiger partial charge on any atom is 0.320 e. The molecule has 1 N–H and O–H groups in total. The monoisotopic (exact) mass is 498 g/mol.